The molecular weight excluding hydrogens is 298 g/mol. The molecule has 0 bridgehead atoms. The molecule has 1 saturated carbocycles. The van der Waals surface area contributed by atoms with Crippen molar-refractivity contribution in [1.82, 2.24) is 15.2 Å². The topological polar surface area (TPSA) is 43.8 Å². The molecule has 2 aliphatic heterocycles. The number of guanidine groups is 1. The van der Waals surface area contributed by atoms with Gasteiger partial charge in [0, 0.05) is 46.0 Å². The van der Waals surface area contributed by atoms with Gasteiger partial charge in [-0.3, -0.25) is 4.99 Å². The number of aromatic nitrogens is 1. The van der Waals surface area contributed by atoms with E-state index in [4.69, 9.17) is 0 Å². The second kappa shape index (κ2) is 6.61. The third-order valence-corrected chi connectivity index (χ3v) is 6.05. The average molecular weight is 327 g/mol. The number of pyridine rings is 1. The Hall–Kier alpha value is -1.78. The maximum atomic E-state index is 4.64. The third kappa shape index (κ3) is 3.08. The van der Waals surface area contributed by atoms with E-state index in [-0.39, 0.29) is 0 Å². The predicted octanol–water partition coefficient (Wildman–Crippen LogP) is 2.63. The number of nitrogens with one attached hydrogen (secondary N) is 1. The van der Waals surface area contributed by atoms with Gasteiger partial charge in [-0.1, -0.05) is 12.5 Å². The number of rotatable bonds is 3. The standard InChI is InChI=1S/C19H29N5/c1-20-18(24-12-9-19(15-24)7-4-8-19)22-14-16-5-6-17(21-13-16)23-10-2-3-11-23/h5-6,13H,2-4,7-12,14-15H2,1H3,(H,20,22). The molecule has 0 radical (unpaired) electrons. The van der Waals surface area contributed by atoms with E-state index in [0.29, 0.717) is 5.41 Å². The first-order valence-corrected chi connectivity index (χ1v) is 9.44. The second-order valence-corrected chi connectivity index (χ2v) is 7.64. The molecule has 2 saturated heterocycles. The van der Waals surface area contributed by atoms with Gasteiger partial charge >= 0.3 is 0 Å². The zero-order valence-electron chi connectivity index (χ0n) is 14.8. The van der Waals surface area contributed by atoms with Gasteiger partial charge in [-0.2, -0.15) is 0 Å². The van der Waals surface area contributed by atoms with Crippen molar-refractivity contribution >= 4 is 11.8 Å². The molecule has 3 heterocycles. The monoisotopic (exact) mass is 327 g/mol. The molecule has 1 aliphatic carbocycles. The van der Waals surface area contributed by atoms with E-state index in [1.165, 1.54) is 50.6 Å². The van der Waals surface area contributed by atoms with Crippen LogP contribution in [0.1, 0.15) is 44.1 Å². The summed E-state index contributed by atoms with van der Waals surface area (Å²) >= 11 is 0. The smallest absolute Gasteiger partial charge is 0.193 e. The Labute approximate surface area is 145 Å². The Kier molecular flexibility index (Phi) is 4.33. The lowest BCUT2D eigenvalue weighted by atomic mass is 9.68. The van der Waals surface area contributed by atoms with Crippen molar-refractivity contribution in [3.8, 4) is 0 Å². The summed E-state index contributed by atoms with van der Waals surface area (Å²) in [5, 5.41) is 3.52. The molecule has 1 spiro atoms. The molecule has 0 unspecified atom stereocenters. The summed E-state index contributed by atoms with van der Waals surface area (Å²) in [5.41, 5.74) is 1.83. The molecule has 5 nitrogen and oxygen atoms in total. The molecule has 3 fully saturated rings. The Bertz CT molecular complexity index is 584. The molecule has 4 rings (SSSR count). The van der Waals surface area contributed by atoms with Crippen LogP contribution in [0.25, 0.3) is 0 Å². The molecular formula is C19H29N5. The first kappa shape index (κ1) is 15.7. The molecule has 1 aromatic rings. The lowest BCUT2D eigenvalue weighted by molar-refractivity contribution is 0.151. The van der Waals surface area contributed by atoms with Crippen LogP contribution in [0.5, 0.6) is 0 Å². The quantitative estimate of drug-likeness (QED) is 0.685. The average Bonchev–Trinajstić information content (AvgIpc) is 3.26. The number of hydrogen-bond donors (Lipinski definition) is 1. The van der Waals surface area contributed by atoms with Crippen molar-refractivity contribution in [3.63, 3.8) is 0 Å². The summed E-state index contributed by atoms with van der Waals surface area (Å²) in [6.07, 6.45) is 10.1. The van der Waals surface area contributed by atoms with Crippen molar-refractivity contribution in [2.75, 3.05) is 38.1 Å². The van der Waals surface area contributed by atoms with Gasteiger partial charge in [-0.15, -0.1) is 0 Å². The Balaban J connectivity index is 1.32. The molecule has 0 aromatic carbocycles. The Morgan fingerprint density at radius 3 is 2.58 bits per heavy atom. The molecule has 5 heteroatoms. The first-order chi connectivity index (χ1) is 11.8. The summed E-state index contributed by atoms with van der Waals surface area (Å²) in [6.45, 7) is 5.41. The molecule has 24 heavy (non-hydrogen) atoms. The van der Waals surface area contributed by atoms with E-state index >= 15 is 0 Å². The van der Waals surface area contributed by atoms with Crippen LogP contribution in [-0.4, -0.2) is 49.1 Å². The van der Waals surface area contributed by atoms with Crippen LogP contribution < -0.4 is 10.2 Å². The predicted molar refractivity (Wildman–Crippen MR) is 98.4 cm³/mol. The van der Waals surface area contributed by atoms with Crippen LogP contribution in [0.4, 0.5) is 5.82 Å². The summed E-state index contributed by atoms with van der Waals surface area (Å²) in [5.74, 6) is 2.16. The summed E-state index contributed by atoms with van der Waals surface area (Å²) in [7, 11) is 1.89. The van der Waals surface area contributed by atoms with Crippen molar-refractivity contribution in [2.24, 2.45) is 10.4 Å². The van der Waals surface area contributed by atoms with Crippen LogP contribution in [0.2, 0.25) is 0 Å². The van der Waals surface area contributed by atoms with Crippen molar-refractivity contribution < 1.29 is 0 Å². The number of likely N-dealkylation sites (tertiary alicyclic amines) is 1. The van der Waals surface area contributed by atoms with Crippen molar-refractivity contribution in [3.05, 3.63) is 23.9 Å². The van der Waals surface area contributed by atoms with E-state index in [0.717, 1.165) is 38.0 Å². The number of hydrogen-bond acceptors (Lipinski definition) is 3. The number of anilines is 1. The van der Waals surface area contributed by atoms with E-state index in [9.17, 15) is 0 Å². The minimum atomic E-state index is 0.608. The molecule has 1 aromatic heterocycles. The summed E-state index contributed by atoms with van der Waals surface area (Å²) in [4.78, 5) is 13.9. The lowest BCUT2D eigenvalue weighted by Gasteiger charge is -2.38. The van der Waals surface area contributed by atoms with Crippen LogP contribution in [-0.2, 0) is 6.54 Å². The van der Waals surface area contributed by atoms with E-state index in [1.807, 2.05) is 13.2 Å². The normalized spacial score (nSPS) is 23.0. The van der Waals surface area contributed by atoms with Gasteiger partial charge < -0.3 is 15.1 Å². The van der Waals surface area contributed by atoms with Crippen LogP contribution >= 0.6 is 0 Å². The van der Waals surface area contributed by atoms with Crippen molar-refractivity contribution in [2.45, 2.75) is 45.1 Å². The minimum Gasteiger partial charge on any atom is -0.357 e. The van der Waals surface area contributed by atoms with Crippen LogP contribution in [0.15, 0.2) is 23.3 Å². The van der Waals surface area contributed by atoms with Crippen LogP contribution in [0, 0.1) is 5.41 Å². The highest BCUT2D eigenvalue weighted by atomic mass is 15.3. The number of aliphatic imine (C=N–C) groups is 1. The molecule has 130 valence electrons. The first-order valence-electron chi connectivity index (χ1n) is 9.44. The molecule has 0 amide bonds. The molecule has 1 N–H and O–H groups in total. The highest BCUT2D eigenvalue weighted by molar-refractivity contribution is 5.80. The van der Waals surface area contributed by atoms with Gasteiger partial charge in [0.05, 0.1) is 0 Å². The van der Waals surface area contributed by atoms with E-state index in [1.54, 1.807) is 0 Å². The van der Waals surface area contributed by atoms with Gasteiger partial charge in [-0.25, -0.2) is 4.98 Å². The van der Waals surface area contributed by atoms with Gasteiger partial charge in [0.2, 0.25) is 0 Å². The maximum Gasteiger partial charge on any atom is 0.193 e. The fraction of sp³-hybridized carbons (Fsp3) is 0.684. The second-order valence-electron chi connectivity index (χ2n) is 7.64. The lowest BCUT2D eigenvalue weighted by Crippen LogP contribution is -2.42. The van der Waals surface area contributed by atoms with Crippen molar-refractivity contribution in [1.29, 1.82) is 0 Å². The van der Waals surface area contributed by atoms with Gasteiger partial charge in [0.1, 0.15) is 5.82 Å². The highest BCUT2D eigenvalue weighted by Crippen LogP contribution is 2.47. The largest absolute Gasteiger partial charge is 0.357 e. The van der Waals surface area contributed by atoms with Crippen LogP contribution in [0.3, 0.4) is 0 Å². The third-order valence-electron chi connectivity index (χ3n) is 6.05. The fourth-order valence-corrected chi connectivity index (χ4v) is 4.37. The Morgan fingerprint density at radius 1 is 1.17 bits per heavy atom. The molecule has 3 aliphatic rings. The SMILES string of the molecule is CN=C(NCc1ccc(N2CCCC2)nc1)N1CCC2(CCC2)C1. The van der Waals surface area contributed by atoms with Gasteiger partial charge in [-0.05, 0) is 49.1 Å². The van der Waals surface area contributed by atoms with E-state index in [2.05, 4.69) is 37.2 Å². The molecule has 0 atom stereocenters. The summed E-state index contributed by atoms with van der Waals surface area (Å²) in [6, 6.07) is 4.35. The minimum absolute atomic E-state index is 0.608. The highest BCUT2D eigenvalue weighted by Gasteiger charge is 2.43. The number of nitrogens with zero attached hydrogens (tertiary/aromatic N) is 4. The maximum absolute atomic E-state index is 4.64. The van der Waals surface area contributed by atoms with Gasteiger partial charge in [0.25, 0.3) is 0 Å². The Morgan fingerprint density at radius 2 is 2.00 bits per heavy atom. The fourth-order valence-electron chi connectivity index (χ4n) is 4.37. The van der Waals surface area contributed by atoms with E-state index < -0.39 is 0 Å². The zero-order chi connectivity index (χ0) is 16.4. The van der Waals surface area contributed by atoms with Gasteiger partial charge in [0.15, 0.2) is 5.96 Å². The zero-order valence-corrected chi connectivity index (χ0v) is 14.8. The summed E-state index contributed by atoms with van der Waals surface area (Å²) < 4.78 is 0.